The molecule has 172 valence electrons. The molecule has 0 aliphatic carbocycles. The number of benzene rings is 3. The molecular formula is C29H24N4O2. The van der Waals surface area contributed by atoms with E-state index in [2.05, 4.69) is 15.3 Å². The normalized spacial score (nSPS) is 12.5. The molecule has 0 aliphatic heterocycles. The highest BCUT2D eigenvalue weighted by atomic mass is 16.2. The van der Waals surface area contributed by atoms with Crippen LogP contribution in [-0.2, 0) is 9.59 Å². The Morgan fingerprint density at radius 1 is 0.971 bits per heavy atom. The Bertz CT molecular complexity index is 1580. The molecule has 4 N–H and O–H groups in total. The average molecular weight is 461 g/mol. The molecule has 2 heterocycles. The molecule has 0 aliphatic rings. The lowest BCUT2D eigenvalue weighted by atomic mass is 9.97. The Balaban J connectivity index is 1.49. The number of aromatic nitrogens is 2. The Hall–Kier alpha value is -4.71. The third-order valence-electron chi connectivity index (χ3n) is 6.18. The van der Waals surface area contributed by atoms with Crippen LogP contribution in [-0.4, -0.2) is 21.8 Å². The lowest BCUT2D eigenvalue weighted by molar-refractivity contribution is -0.117. The molecule has 5 aromatic rings. The molecule has 0 radical (unpaired) electrons. The summed E-state index contributed by atoms with van der Waals surface area (Å²) in [5.74, 6) is -1.04. The topological polar surface area (TPSA) is 101 Å². The first-order valence-corrected chi connectivity index (χ1v) is 11.3. The molecule has 0 spiro atoms. The van der Waals surface area contributed by atoms with Crippen LogP contribution >= 0.6 is 0 Å². The molecule has 6 nitrogen and oxygen atoms in total. The van der Waals surface area contributed by atoms with Gasteiger partial charge in [-0.2, -0.15) is 0 Å². The van der Waals surface area contributed by atoms with Crippen LogP contribution in [0, 0.1) is 0 Å². The predicted octanol–water partition coefficient (Wildman–Crippen LogP) is 5.48. The average Bonchev–Trinajstić information content (AvgIpc) is 3.30. The molecule has 0 saturated carbocycles. The van der Waals surface area contributed by atoms with Gasteiger partial charge in [-0.05, 0) is 41.0 Å². The third kappa shape index (κ3) is 4.42. The Morgan fingerprint density at radius 2 is 1.71 bits per heavy atom. The van der Waals surface area contributed by atoms with Crippen molar-refractivity contribution in [3.8, 4) is 0 Å². The van der Waals surface area contributed by atoms with E-state index in [1.54, 1.807) is 24.5 Å². The summed E-state index contributed by atoms with van der Waals surface area (Å²) in [5, 5.41) is 5.99. The number of carbonyl (C=O) groups excluding carboxylic acids is 2. The van der Waals surface area contributed by atoms with Gasteiger partial charge in [0.15, 0.2) is 0 Å². The van der Waals surface area contributed by atoms with Gasteiger partial charge >= 0.3 is 0 Å². The van der Waals surface area contributed by atoms with Crippen molar-refractivity contribution < 1.29 is 9.59 Å². The number of hydrogen-bond acceptors (Lipinski definition) is 3. The molecule has 2 aromatic heterocycles. The molecular weight excluding hydrogens is 436 g/mol. The summed E-state index contributed by atoms with van der Waals surface area (Å²) in [6.07, 6.45) is 5.11. The van der Waals surface area contributed by atoms with Gasteiger partial charge in [0, 0.05) is 28.9 Å². The second-order valence-corrected chi connectivity index (χ2v) is 8.43. The first-order chi connectivity index (χ1) is 17.0. The molecule has 6 heteroatoms. The second kappa shape index (κ2) is 9.27. The molecule has 1 atom stereocenters. The van der Waals surface area contributed by atoms with Gasteiger partial charge in [-0.1, -0.05) is 72.8 Å². The third-order valence-corrected chi connectivity index (χ3v) is 6.18. The maximum Gasteiger partial charge on any atom is 0.249 e. The van der Waals surface area contributed by atoms with Crippen LogP contribution in [0.4, 0.5) is 5.69 Å². The number of anilines is 1. The Kier molecular flexibility index (Phi) is 5.85. The van der Waals surface area contributed by atoms with Gasteiger partial charge in [-0.25, -0.2) is 4.98 Å². The number of carbonyl (C=O) groups is 2. The van der Waals surface area contributed by atoms with Crippen LogP contribution in [0.25, 0.3) is 33.5 Å². The van der Waals surface area contributed by atoms with E-state index < -0.39 is 5.91 Å². The van der Waals surface area contributed by atoms with E-state index in [1.807, 2.05) is 79.7 Å². The maximum atomic E-state index is 13.2. The van der Waals surface area contributed by atoms with Crippen LogP contribution in [0.5, 0.6) is 0 Å². The largest absolute Gasteiger partial charge is 0.366 e. The van der Waals surface area contributed by atoms with Gasteiger partial charge in [-0.3, -0.25) is 9.59 Å². The number of H-pyrrole nitrogens is 1. The van der Waals surface area contributed by atoms with Crippen molar-refractivity contribution in [2.24, 2.45) is 5.73 Å². The number of aromatic amines is 1. The fourth-order valence-electron chi connectivity index (χ4n) is 4.24. The van der Waals surface area contributed by atoms with Crippen LogP contribution < -0.4 is 11.1 Å². The number of nitrogens with zero attached hydrogens (tertiary/aromatic N) is 1. The van der Waals surface area contributed by atoms with Crippen LogP contribution in [0.3, 0.4) is 0 Å². The fraction of sp³-hybridized carbons (Fsp3) is 0.0690. The van der Waals surface area contributed by atoms with Crippen molar-refractivity contribution in [3.05, 3.63) is 108 Å². The number of hydrogen-bond donors (Lipinski definition) is 3. The molecule has 5 rings (SSSR count). The summed E-state index contributed by atoms with van der Waals surface area (Å²) in [5.41, 5.74) is 9.63. The maximum absolute atomic E-state index is 13.2. The lowest BCUT2D eigenvalue weighted by Gasteiger charge is -2.14. The second-order valence-electron chi connectivity index (χ2n) is 8.43. The zero-order chi connectivity index (χ0) is 24.4. The SMILES string of the molecule is CC(C(=O)Nc1ccnc2[nH]cc(C=C(C(N)=O)c3ccccc3)c12)c1ccc2ccccc2c1. The number of fused-ring (bicyclic) bond motifs is 2. The number of amides is 2. The molecule has 35 heavy (non-hydrogen) atoms. The van der Waals surface area contributed by atoms with Crippen molar-refractivity contribution >= 4 is 51.0 Å². The lowest BCUT2D eigenvalue weighted by Crippen LogP contribution is -2.19. The highest BCUT2D eigenvalue weighted by Crippen LogP contribution is 2.30. The smallest absolute Gasteiger partial charge is 0.249 e. The van der Waals surface area contributed by atoms with Crippen LogP contribution in [0.15, 0.2) is 91.3 Å². The zero-order valence-corrected chi connectivity index (χ0v) is 19.2. The molecule has 0 saturated heterocycles. The fourth-order valence-corrected chi connectivity index (χ4v) is 4.24. The quantitative estimate of drug-likeness (QED) is 0.292. The van der Waals surface area contributed by atoms with E-state index >= 15 is 0 Å². The van der Waals surface area contributed by atoms with Crippen molar-refractivity contribution in [3.63, 3.8) is 0 Å². The van der Waals surface area contributed by atoms with Gasteiger partial charge in [0.2, 0.25) is 11.8 Å². The molecule has 0 bridgehead atoms. The molecule has 1 unspecified atom stereocenters. The van der Waals surface area contributed by atoms with Crippen molar-refractivity contribution in [1.29, 1.82) is 0 Å². The standard InChI is InChI=1S/C29H24N4O2/c1-18(21-12-11-19-7-5-6-10-22(19)15-21)29(35)33-25-13-14-31-28-26(25)23(17-32-28)16-24(27(30)34)20-8-3-2-4-9-20/h2-18H,1H3,(H2,30,34)(H2,31,32,33,35). The van der Waals surface area contributed by atoms with Crippen molar-refractivity contribution in [1.82, 2.24) is 9.97 Å². The van der Waals surface area contributed by atoms with E-state index in [-0.39, 0.29) is 11.8 Å². The summed E-state index contributed by atoms with van der Waals surface area (Å²) in [6.45, 7) is 1.89. The first-order valence-electron chi connectivity index (χ1n) is 11.3. The summed E-state index contributed by atoms with van der Waals surface area (Å²) >= 11 is 0. The minimum Gasteiger partial charge on any atom is -0.366 e. The minimum atomic E-state index is -0.537. The molecule has 3 aromatic carbocycles. The van der Waals surface area contributed by atoms with Crippen molar-refractivity contribution in [2.75, 3.05) is 5.32 Å². The number of rotatable bonds is 6. The number of nitrogens with two attached hydrogens (primary N) is 1. The number of primary amides is 1. The van der Waals surface area contributed by atoms with Gasteiger partial charge in [0.05, 0.1) is 11.6 Å². The Labute approximate surface area is 202 Å². The van der Waals surface area contributed by atoms with E-state index in [0.717, 1.165) is 16.3 Å². The highest BCUT2D eigenvalue weighted by molar-refractivity contribution is 6.24. The summed E-state index contributed by atoms with van der Waals surface area (Å²) in [6, 6.07) is 25.1. The van der Waals surface area contributed by atoms with E-state index in [0.29, 0.717) is 33.4 Å². The number of nitrogens with one attached hydrogen (secondary N) is 2. The highest BCUT2D eigenvalue weighted by Gasteiger charge is 2.19. The van der Waals surface area contributed by atoms with Gasteiger partial charge in [0.1, 0.15) is 5.65 Å². The van der Waals surface area contributed by atoms with E-state index in [9.17, 15) is 9.59 Å². The monoisotopic (exact) mass is 460 g/mol. The van der Waals surface area contributed by atoms with Gasteiger partial charge in [0.25, 0.3) is 0 Å². The van der Waals surface area contributed by atoms with Gasteiger partial charge < -0.3 is 16.0 Å². The minimum absolute atomic E-state index is 0.137. The summed E-state index contributed by atoms with van der Waals surface area (Å²) in [7, 11) is 0. The number of pyridine rings is 1. The predicted molar refractivity (Wildman–Crippen MR) is 141 cm³/mol. The van der Waals surface area contributed by atoms with Gasteiger partial charge in [-0.15, -0.1) is 0 Å². The zero-order valence-electron chi connectivity index (χ0n) is 19.2. The Morgan fingerprint density at radius 3 is 2.49 bits per heavy atom. The first kappa shape index (κ1) is 22.1. The van der Waals surface area contributed by atoms with Crippen LogP contribution in [0.2, 0.25) is 0 Å². The van der Waals surface area contributed by atoms with E-state index in [4.69, 9.17) is 5.73 Å². The van der Waals surface area contributed by atoms with Crippen LogP contribution in [0.1, 0.15) is 29.5 Å². The summed E-state index contributed by atoms with van der Waals surface area (Å²) < 4.78 is 0. The molecule has 2 amide bonds. The van der Waals surface area contributed by atoms with E-state index in [1.165, 1.54) is 0 Å². The molecule has 0 fully saturated rings. The summed E-state index contributed by atoms with van der Waals surface area (Å²) in [4.78, 5) is 33.0. The van der Waals surface area contributed by atoms with Crippen molar-refractivity contribution in [2.45, 2.75) is 12.8 Å².